The number of hydrogen-bond donors (Lipinski definition) is 4. The van der Waals surface area contributed by atoms with E-state index in [1.165, 1.54) is 0 Å². The molecule has 4 rings (SSSR count). The van der Waals surface area contributed by atoms with Gasteiger partial charge in [0.25, 0.3) is 5.91 Å². The average molecular weight is 428 g/mol. The summed E-state index contributed by atoms with van der Waals surface area (Å²) in [7, 11) is 0. The molecule has 1 aromatic heterocycles. The van der Waals surface area contributed by atoms with Crippen LogP contribution in [0.1, 0.15) is 29.8 Å². The van der Waals surface area contributed by atoms with Crippen LogP contribution in [0.3, 0.4) is 0 Å². The van der Waals surface area contributed by atoms with Crippen molar-refractivity contribution < 1.29 is 9.59 Å². The lowest BCUT2D eigenvalue weighted by atomic mass is 10.1. The maximum Gasteiger partial charge on any atom is 0.319 e. The third kappa shape index (κ3) is 5.13. The van der Waals surface area contributed by atoms with Gasteiger partial charge in [-0.25, -0.2) is 9.78 Å². The zero-order valence-electron chi connectivity index (χ0n) is 18.0. The summed E-state index contributed by atoms with van der Waals surface area (Å²) in [6.45, 7) is 4.16. The number of nitrogens with one attached hydrogen (secondary N) is 4. The molecule has 0 aliphatic heterocycles. The first-order chi connectivity index (χ1) is 15.5. The minimum Gasteiger partial charge on any atom is -0.348 e. The van der Waals surface area contributed by atoms with Gasteiger partial charge in [-0.2, -0.15) is 0 Å². The number of fused-ring (bicyclic) bond motifs is 1. The first kappa shape index (κ1) is 21.1. The molecule has 0 saturated heterocycles. The summed E-state index contributed by atoms with van der Waals surface area (Å²) >= 11 is 0. The van der Waals surface area contributed by atoms with Crippen LogP contribution in [-0.2, 0) is 6.54 Å². The van der Waals surface area contributed by atoms with E-state index in [9.17, 15) is 9.59 Å². The lowest BCUT2D eigenvalue weighted by molar-refractivity contribution is 0.0951. The van der Waals surface area contributed by atoms with E-state index in [0.29, 0.717) is 17.8 Å². The molecule has 0 fully saturated rings. The highest BCUT2D eigenvalue weighted by Crippen LogP contribution is 2.20. The lowest BCUT2D eigenvalue weighted by Crippen LogP contribution is -2.34. The molecule has 162 valence electrons. The van der Waals surface area contributed by atoms with Crippen molar-refractivity contribution in [2.75, 3.05) is 5.32 Å². The maximum absolute atomic E-state index is 12.6. The number of carbonyl (C=O) groups excluding carboxylic acids is 2. The average Bonchev–Trinajstić information content (AvgIpc) is 3.22. The summed E-state index contributed by atoms with van der Waals surface area (Å²) in [6, 6.07) is 22.4. The summed E-state index contributed by atoms with van der Waals surface area (Å²) in [5.41, 5.74) is 4.92. The molecule has 4 aromatic rings. The third-order valence-corrected chi connectivity index (χ3v) is 4.87. The number of hydrogen-bond acceptors (Lipinski definition) is 3. The van der Waals surface area contributed by atoms with Crippen molar-refractivity contribution in [1.82, 2.24) is 20.6 Å². The van der Waals surface area contributed by atoms with Crippen molar-refractivity contribution in [2.24, 2.45) is 0 Å². The van der Waals surface area contributed by atoms with Gasteiger partial charge in [0.15, 0.2) is 0 Å². The van der Waals surface area contributed by atoms with E-state index in [0.717, 1.165) is 28.0 Å². The van der Waals surface area contributed by atoms with Crippen molar-refractivity contribution >= 4 is 28.7 Å². The van der Waals surface area contributed by atoms with Gasteiger partial charge in [-0.3, -0.25) is 4.79 Å². The Morgan fingerprint density at radius 2 is 1.75 bits per heavy atom. The van der Waals surface area contributed by atoms with Gasteiger partial charge in [-0.15, -0.1) is 0 Å². The SMILES string of the molecule is CC(C)NC(=O)Nc1cccc(C(=O)NCc2ccc(-c3nc4ccccc4[nH]3)cc2)c1. The lowest BCUT2D eigenvalue weighted by Gasteiger charge is -2.11. The molecule has 1 heterocycles. The molecule has 0 aliphatic rings. The van der Waals surface area contributed by atoms with Gasteiger partial charge in [0.1, 0.15) is 5.82 Å². The predicted octanol–water partition coefficient (Wildman–Crippen LogP) is 4.69. The van der Waals surface area contributed by atoms with Crippen molar-refractivity contribution in [2.45, 2.75) is 26.4 Å². The Labute approximate surface area is 186 Å². The number of anilines is 1. The third-order valence-electron chi connectivity index (χ3n) is 4.87. The quantitative estimate of drug-likeness (QED) is 0.359. The van der Waals surface area contributed by atoms with Crippen LogP contribution >= 0.6 is 0 Å². The summed E-state index contributed by atoms with van der Waals surface area (Å²) in [5, 5.41) is 8.41. The van der Waals surface area contributed by atoms with Gasteiger partial charge in [-0.1, -0.05) is 42.5 Å². The Bertz CT molecular complexity index is 1210. The fraction of sp³-hybridized carbons (Fsp3) is 0.160. The van der Waals surface area contributed by atoms with Crippen LogP contribution < -0.4 is 16.0 Å². The Hall–Kier alpha value is -4.13. The predicted molar refractivity (Wildman–Crippen MR) is 126 cm³/mol. The van der Waals surface area contributed by atoms with Crippen LogP contribution in [0.2, 0.25) is 0 Å². The normalized spacial score (nSPS) is 10.8. The van der Waals surface area contributed by atoms with E-state index < -0.39 is 0 Å². The van der Waals surface area contributed by atoms with Gasteiger partial charge in [-0.05, 0) is 49.7 Å². The fourth-order valence-electron chi connectivity index (χ4n) is 3.32. The smallest absolute Gasteiger partial charge is 0.319 e. The highest BCUT2D eigenvalue weighted by atomic mass is 16.2. The highest BCUT2D eigenvalue weighted by molar-refractivity contribution is 5.96. The molecule has 0 saturated carbocycles. The summed E-state index contributed by atoms with van der Waals surface area (Å²) in [4.78, 5) is 32.4. The molecular weight excluding hydrogens is 402 g/mol. The van der Waals surface area contributed by atoms with Gasteiger partial charge in [0.2, 0.25) is 0 Å². The minimum absolute atomic E-state index is 0.0275. The minimum atomic E-state index is -0.304. The molecule has 32 heavy (non-hydrogen) atoms. The second-order valence-electron chi connectivity index (χ2n) is 7.82. The maximum atomic E-state index is 12.6. The number of urea groups is 1. The van der Waals surface area contributed by atoms with Crippen LogP contribution in [0, 0.1) is 0 Å². The number of benzene rings is 3. The number of amides is 3. The molecule has 7 nitrogen and oxygen atoms in total. The molecule has 0 unspecified atom stereocenters. The zero-order valence-corrected chi connectivity index (χ0v) is 18.0. The topological polar surface area (TPSA) is 98.9 Å². The Morgan fingerprint density at radius 1 is 0.969 bits per heavy atom. The van der Waals surface area contributed by atoms with Crippen molar-refractivity contribution in [1.29, 1.82) is 0 Å². The van der Waals surface area contributed by atoms with Gasteiger partial charge in [0.05, 0.1) is 11.0 Å². The highest BCUT2D eigenvalue weighted by Gasteiger charge is 2.09. The Morgan fingerprint density at radius 3 is 2.50 bits per heavy atom. The fourth-order valence-corrected chi connectivity index (χ4v) is 3.32. The molecule has 0 radical (unpaired) electrons. The zero-order chi connectivity index (χ0) is 22.5. The molecule has 0 bridgehead atoms. The number of rotatable bonds is 6. The van der Waals surface area contributed by atoms with Crippen LogP contribution in [0.4, 0.5) is 10.5 Å². The van der Waals surface area contributed by atoms with E-state index >= 15 is 0 Å². The second-order valence-corrected chi connectivity index (χ2v) is 7.82. The molecule has 0 aliphatic carbocycles. The number of nitrogens with zero attached hydrogens (tertiary/aromatic N) is 1. The van der Waals surface area contributed by atoms with Gasteiger partial charge < -0.3 is 20.9 Å². The first-order valence-corrected chi connectivity index (χ1v) is 10.5. The molecular formula is C25H25N5O2. The van der Waals surface area contributed by atoms with Crippen LogP contribution in [0.25, 0.3) is 22.4 Å². The molecule has 0 atom stereocenters. The number of aromatic amines is 1. The monoisotopic (exact) mass is 427 g/mol. The molecule has 0 spiro atoms. The Kier molecular flexibility index (Phi) is 6.17. The van der Waals surface area contributed by atoms with Crippen molar-refractivity contribution in [3.63, 3.8) is 0 Å². The van der Waals surface area contributed by atoms with E-state index in [4.69, 9.17) is 0 Å². The summed E-state index contributed by atoms with van der Waals surface area (Å²) in [6.07, 6.45) is 0. The number of carbonyl (C=O) groups is 2. The van der Waals surface area contributed by atoms with E-state index in [1.807, 2.05) is 62.4 Å². The van der Waals surface area contributed by atoms with Crippen LogP contribution in [-0.4, -0.2) is 27.9 Å². The summed E-state index contributed by atoms with van der Waals surface area (Å²) < 4.78 is 0. The van der Waals surface area contributed by atoms with E-state index in [2.05, 4.69) is 25.9 Å². The first-order valence-electron chi connectivity index (χ1n) is 10.5. The molecule has 7 heteroatoms. The Balaban J connectivity index is 1.37. The van der Waals surface area contributed by atoms with Crippen molar-refractivity contribution in [3.8, 4) is 11.4 Å². The molecule has 4 N–H and O–H groups in total. The number of para-hydroxylation sites is 2. The number of aromatic nitrogens is 2. The second kappa shape index (κ2) is 9.34. The molecule has 3 amide bonds. The van der Waals surface area contributed by atoms with Crippen molar-refractivity contribution in [3.05, 3.63) is 83.9 Å². The largest absolute Gasteiger partial charge is 0.348 e. The molecule has 3 aromatic carbocycles. The van der Waals surface area contributed by atoms with Crippen LogP contribution in [0.15, 0.2) is 72.8 Å². The van der Waals surface area contributed by atoms with Crippen LogP contribution in [0.5, 0.6) is 0 Å². The van der Waals surface area contributed by atoms with E-state index in [-0.39, 0.29) is 18.0 Å². The number of H-pyrrole nitrogens is 1. The number of imidazole rings is 1. The van der Waals surface area contributed by atoms with Gasteiger partial charge in [0, 0.05) is 29.4 Å². The van der Waals surface area contributed by atoms with Gasteiger partial charge >= 0.3 is 6.03 Å². The standard InChI is InChI=1S/C25H25N5O2/c1-16(2)27-25(32)28-20-7-5-6-19(14-20)24(31)26-15-17-10-12-18(13-11-17)23-29-21-8-3-4-9-22(21)30-23/h3-14,16H,15H2,1-2H3,(H,26,31)(H,29,30)(H2,27,28,32). The summed E-state index contributed by atoms with van der Waals surface area (Å²) in [5.74, 6) is 0.604. The van der Waals surface area contributed by atoms with E-state index in [1.54, 1.807) is 24.3 Å².